The van der Waals surface area contributed by atoms with Gasteiger partial charge >= 0.3 is 0 Å². The fourth-order valence-corrected chi connectivity index (χ4v) is 4.51. The lowest BCUT2D eigenvalue weighted by Gasteiger charge is -2.34. The third-order valence-corrected chi connectivity index (χ3v) is 6.64. The number of amides is 1. The molecule has 0 atom stereocenters. The van der Waals surface area contributed by atoms with Crippen LogP contribution in [0.5, 0.6) is 17.2 Å². The van der Waals surface area contributed by atoms with Crippen LogP contribution in [0.4, 0.5) is 10.1 Å². The van der Waals surface area contributed by atoms with Gasteiger partial charge in [0.15, 0.2) is 11.5 Å². The van der Waals surface area contributed by atoms with Gasteiger partial charge in [-0.1, -0.05) is 0 Å². The second-order valence-electron chi connectivity index (χ2n) is 8.93. The Morgan fingerprint density at radius 1 is 1.05 bits per heavy atom. The first-order valence-electron chi connectivity index (χ1n) is 12.2. The summed E-state index contributed by atoms with van der Waals surface area (Å²) in [7, 11) is 6.52. The van der Waals surface area contributed by atoms with Gasteiger partial charge in [-0.3, -0.25) is 9.59 Å². The molecule has 1 saturated heterocycles. The van der Waals surface area contributed by atoms with Crippen molar-refractivity contribution in [2.24, 2.45) is 5.10 Å². The first kappa shape index (κ1) is 26.9. The van der Waals surface area contributed by atoms with Gasteiger partial charge in [0, 0.05) is 49.9 Å². The Hall–Kier alpha value is -4.12. The Labute approximate surface area is 220 Å². The maximum Gasteiger partial charge on any atom is 0.276 e. The number of aromatic nitrogens is 1. The monoisotopic (exact) mass is 525 g/mol. The molecule has 3 aromatic rings. The summed E-state index contributed by atoms with van der Waals surface area (Å²) in [5.74, 6) is 0.0949. The lowest BCUT2D eigenvalue weighted by molar-refractivity contribution is 0.0953. The van der Waals surface area contributed by atoms with E-state index in [4.69, 9.17) is 14.2 Å². The number of fused-ring (bicyclic) bond motifs is 1. The van der Waals surface area contributed by atoms with Crippen LogP contribution in [0.1, 0.15) is 22.8 Å². The highest BCUT2D eigenvalue weighted by atomic mass is 19.1. The number of ether oxygens (including phenoxy) is 3. The number of likely N-dealkylation sites (N-methyl/N-ethyl adjacent to an activating group) is 1. The number of carbonyl (C=O) groups is 1. The fourth-order valence-electron chi connectivity index (χ4n) is 4.51. The van der Waals surface area contributed by atoms with E-state index in [1.807, 2.05) is 18.9 Å². The molecule has 0 aliphatic carbocycles. The van der Waals surface area contributed by atoms with Crippen LogP contribution < -0.4 is 30.0 Å². The molecular formula is C27H32FN5O5. The van der Waals surface area contributed by atoms with Crippen molar-refractivity contribution in [2.75, 3.05) is 59.5 Å². The van der Waals surface area contributed by atoms with E-state index >= 15 is 4.39 Å². The van der Waals surface area contributed by atoms with E-state index in [2.05, 4.69) is 15.4 Å². The Kier molecular flexibility index (Phi) is 8.16. The third kappa shape index (κ3) is 5.28. The van der Waals surface area contributed by atoms with E-state index in [9.17, 15) is 9.59 Å². The van der Waals surface area contributed by atoms with Gasteiger partial charge in [-0.05, 0) is 38.2 Å². The van der Waals surface area contributed by atoms with Crippen molar-refractivity contribution in [3.05, 3.63) is 57.6 Å². The fraction of sp³-hybridized carbons (Fsp3) is 0.370. The molecule has 202 valence electrons. The Morgan fingerprint density at radius 2 is 1.71 bits per heavy atom. The quantitative estimate of drug-likeness (QED) is 0.357. The zero-order chi connectivity index (χ0) is 27.4. The summed E-state index contributed by atoms with van der Waals surface area (Å²) in [6.07, 6.45) is 2.88. The number of pyridine rings is 1. The molecule has 2 aromatic carbocycles. The van der Waals surface area contributed by atoms with E-state index in [1.54, 1.807) is 22.8 Å². The molecule has 0 radical (unpaired) electrons. The molecule has 10 nitrogen and oxygen atoms in total. The van der Waals surface area contributed by atoms with Gasteiger partial charge in [-0.25, -0.2) is 9.82 Å². The van der Waals surface area contributed by atoms with Crippen LogP contribution in [-0.4, -0.2) is 76.1 Å². The molecule has 1 aliphatic rings. The standard InChI is InChI=1S/C27H32FN5O5/c1-6-32-16-19(27(35)30-29-15-17-11-23(36-3)26(38-5)24(12-17)37-4)25(34)18-13-20(28)22(14-21(18)32)33-9-7-31(2)8-10-33/h11-16H,6-10H2,1-5H3,(H,30,35). The SMILES string of the molecule is CCn1cc(C(=O)NN=Cc2cc(OC)c(OC)c(OC)c2)c(=O)c2cc(F)c(N3CCN(C)CC3)cc21. The molecule has 4 rings (SSSR count). The first-order valence-corrected chi connectivity index (χ1v) is 12.2. The zero-order valence-corrected chi connectivity index (χ0v) is 22.2. The van der Waals surface area contributed by atoms with Crippen LogP contribution in [-0.2, 0) is 6.54 Å². The summed E-state index contributed by atoms with van der Waals surface area (Å²) < 4.78 is 32.9. The van der Waals surface area contributed by atoms with Crippen LogP contribution >= 0.6 is 0 Å². The van der Waals surface area contributed by atoms with Crippen LogP contribution in [0.3, 0.4) is 0 Å². The Balaban J connectivity index is 1.63. The number of hydrogen-bond acceptors (Lipinski definition) is 8. The van der Waals surface area contributed by atoms with E-state index < -0.39 is 17.2 Å². The highest BCUT2D eigenvalue weighted by molar-refractivity contribution is 5.98. The van der Waals surface area contributed by atoms with Gasteiger partial charge in [0.2, 0.25) is 11.2 Å². The summed E-state index contributed by atoms with van der Waals surface area (Å²) in [5.41, 5.74) is 3.30. The van der Waals surface area contributed by atoms with Gasteiger partial charge in [-0.15, -0.1) is 0 Å². The predicted octanol–water partition coefficient (Wildman–Crippen LogP) is 2.70. The smallest absolute Gasteiger partial charge is 0.276 e. The van der Waals surface area contributed by atoms with Crippen molar-refractivity contribution < 1.29 is 23.4 Å². The van der Waals surface area contributed by atoms with Crippen molar-refractivity contribution in [3.8, 4) is 17.2 Å². The van der Waals surface area contributed by atoms with Gasteiger partial charge in [0.05, 0.1) is 38.7 Å². The van der Waals surface area contributed by atoms with E-state index in [0.717, 1.165) is 13.1 Å². The largest absolute Gasteiger partial charge is 0.493 e. The van der Waals surface area contributed by atoms with E-state index in [0.29, 0.717) is 53.7 Å². The van der Waals surface area contributed by atoms with Crippen molar-refractivity contribution >= 4 is 28.7 Å². The summed E-state index contributed by atoms with van der Waals surface area (Å²) in [4.78, 5) is 30.3. The third-order valence-electron chi connectivity index (χ3n) is 6.64. The van der Waals surface area contributed by atoms with Gasteiger partial charge in [0.1, 0.15) is 11.4 Å². The number of halogens is 1. The molecule has 0 unspecified atom stereocenters. The van der Waals surface area contributed by atoms with E-state index in [1.165, 1.54) is 39.8 Å². The number of anilines is 1. The number of carbonyl (C=O) groups excluding carboxylic acids is 1. The average Bonchev–Trinajstić information content (AvgIpc) is 2.93. The average molecular weight is 526 g/mol. The maximum absolute atomic E-state index is 15.2. The van der Waals surface area contributed by atoms with Crippen molar-refractivity contribution in [1.82, 2.24) is 14.9 Å². The second kappa shape index (κ2) is 11.5. The second-order valence-corrected chi connectivity index (χ2v) is 8.93. The molecule has 1 aliphatic heterocycles. The van der Waals surface area contributed by atoms with Crippen molar-refractivity contribution in [1.29, 1.82) is 0 Å². The zero-order valence-electron chi connectivity index (χ0n) is 22.2. The molecule has 11 heteroatoms. The lowest BCUT2D eigenvalue weighted by Crippen LogP contribution is -2.44. The van der Waals surface area contributed by atoms with Crippen LogP contribution in [0.2, 0.25) is 0 Å². The molecular weight excluding hydrogens is 493 g/mol. The summed E-state index contributed by atoms with van der Waals surface area (Å²) in [6.45, 7) is 5.42. The highest BCUT2D eigenvalue weighted by Crippen LogP contribution is 2.37. The summed E-state index contributed by atoms with van der Waals surface area (Å²) >= 11 is 0. The summed E-state index contributed by atoms with van der Waals surface area (Å²) in [5, 5.41) is 4.13. The van der Waals surface area contributed by atoms with Crippen molar-refractivity contribution in [2.45, 2.75) is 13.5 Å². The number of nitrogens with one attached hydrogen (secondary N) is 1. The number of rotatable bonds is 8. The number of nitrogens with zero attached hydrogens (tertiary/aromatic N) is 4. The Morgan fingerprint density at radius 3 is 2.29 bits per heavy atom. The number of benzene rings is 2. The van der Waals surface area contributed by atoms with Crippen LogP contribution in [0.15, 0.2) is 40.4 Å². The minimum atomic E-state index is -0.702. The number of aryl methyl sites for hydroxylation is 1. The minimum Gasteiger partial charge on any atom is -0.493 e. The van der Waals surface area contributed by atoms with Gasteiger partial charge in [-0.2, -0.15) is 5.10 Å². The number of piperazine rings is 1. The number of hydrazone groups is 1. The first-order chi connectivity index (χ1) is 18.3. The molecule has 38 heavy (non-hydrogen) atoms. The predicted molar refractivity (Wildman–Crippen MR) is 145 cm³/mol. The molecule has 1 amide bonds. The lowest BCUT2D eigenvalue weighted by atomic mass is 10.1. The molecule has 1 aromatic heterocycles. The topological polar surface area (TPSA) is 97.6 Å². The van der Waals surface area contributed by atoms with Gasteiger partial charge in [0.25, 0.3) is 5.91 Å². The molecule has 0 spiro atoms. The molecule has 2 heterocycles. The van der Waals surface area contributed by atoms with Crippen LogP contribution in [0.25, 0.3) is 10.9 Å². The number of hydrogen-bond donors (Lipinski definition) is 1. The Bertz CT molecular complexity index is 1400. The molecule has 1 N–H and O–H groups in total. The normalized spacial score (nSPS) is 14.2. The molecule has 0 bridgehead atoms. The highest BCUT2D eigenvalue weighted by Gasteiger charge is 2.21. The van der Waals surface area contributed by atoms with E-state index in [-0.39, 0.29) is 10.9 Å². The maximum atomic E-state index is 15.2. The van der Waals surface area contributed by atoms with Gasteiger partial charge < -0.3 is 28.6 Å². The molecule has 1 fully saturated rings. The minimum absolute atomic E-state index is 0.131. The number of methoxy groups -OCH3 is 3. The van der Waals surface area contributed by atoms with Crippen LogP contribution in [0, 0.1) is 5.82 Å². The molecule has 0 saturated carbocycles. The summed E-state index contributed by atoms with van der Waals surface area (Å²) in [6, 6.07) is 6.26. The van der Waals surface area contributed by atoms with Crippen molar-refractivity contribution in [3.63, 3.8) is 0 Å².